The lowest BCUT2D eigenvalue weighted by molar-refractivity contribution is 0.00578. The zero-order valence-corrected chi connectivity index (χ0v) is 18.1. The van der Waals surface area contributed by atoms with Crippen molar-refractivity contribution in [2.75, 3.05) is 0 Å². The average molecular weight is 391 g/mol. The van der Waals surface area contributed by atoms with Crippen molar-refractivity contribution in [3.63, 3.8) is 0 Å². The first-order chi connectivity index (χ1) is 11.8. The minimum atomic E-state index is -0.567. The van der Waals surface area contributed by atoms with Gasteiger partial charge in [-0.3, -0.25) is 0 Å². The summed E-state index contributed by atoms with van der Waals surface area (Å²) in [5.41, 5.74) is -1.64. The maximum Gasteiger partial charge on any atom is 0.508 e. The molecule has 2 fully saturated rings. The van der Waals surface area contributed by atoms with Crippen LogP contribution in [0, 0.1) is 6.92 Å². The topological polar surface area (TPSA) is 36.9 Å². The Balaban J connectivity index is 1.58. The van der Waals surface area contributed by atoms with Gasteiger partial charge in [0.25, 0.3) is 0 Å². The Morgan fingerprint density at radius 1 is 0.692 bits per heavy atom. The summed E-state index contributed by atoms with van der Waals surface area (Å²) in [7, 11) is -0.675. The molecule has 0 amide bonds. The zero-order valence-electron chi connectivity index (χ0n) is 16.5. The Labute approximate surface area is 164 Å². The van der Waals surface area contributed by atoms with Gasteiger partial charge >= 0.3 is 14.2 Å². The van der Waals surface area contributed by atoms with Gasteiger partial charge in [0.1, 0.15) is 5.60 Å². The second-order valence-electron chi connectivity index (χ2n) is 8.92. The highest BCUT2D eigenvalue weighted by molar-refractivity contribution is 7.36. The lowest BCUT2D eigenvalue weighted by atomic mass is 9.88. The van der Waals surface area contributed by atoms with Gasteiger partial charge in [-0.2, -0.15) is 0 Å². The number of fused-ring (bicyclic) bond motifs is 1. The highest BCUT2D eigenvalue weighted by Crippen LogP contribution is 2.39. The van der Waals surface area contributed by atoms with Crippen LogP contribution in [0.25, 0.3) is 9.40 Å². The van der Waals surface area contributed by atoms with Crippen LogP contribution >= 0.6 is 22.7 Å². The van der Waals surface area contributed by atoms with Crippen LogP contribution in [-0.4, -0.2) is 36.6 Å². The first kappa shape index (κ1) is 18.8. The number of thiophene rings is 2. The predicted octanol–water partition coefficient (Wildman–Crippen LogP) is 3.38. The van der Waals surface area contributed by atoms with Gasteiger partial charge in [-0.15, -0.1) is 22.7 Å². The molecule has 2 aromatic heterocycles. The maximum atomic E-state index is 6.17. The minimum Gasteiger partial charge on any atom is -0.399 e. The quantitative estimate of drug-likeness (QED) is 0.581. The molecule has 4 heterocycles. The van der Waals surface area contributed by atoms with Crippen LogP contribution in [0.5, 0.6) is 0 Å². The Morgan fingerprint density at radius 3 is 1.46 bits per heavy atom. The molecule has 2 aliphatic heterocycles. The van der Waals surface area contributed by atoms with Crippen molar-refractivity contribution in [2.45, 2.75) is 70.9 Å². The summed E-state index contributed by atoms with van der Waals surface area (Å²) in [5.74, 6) is 0. The van der Waals surface area contributed by atoms with Crippen LogP contribution in [0.3, 0.4) is 0 Å². The lowest BCUT2D eigenvalue weighted by Gasteiger charge is -2.32. The standard InChI is InChI=1S/C18H25B2O4S2/c1-15(2)16(3,4)22-19(21-15)13-9-11-12(25-13)10-14(26-11)20-23-17(5,6)18(7,8)24-20/h9-10H,1H2,2-8H3/q+1. The van der Waals surface area contributed by atoms with Crippen molar-refractivity contribution in [2.24, 2.45) is 0 Å². The van der Waals surface area contributed by atoms with E-state index in [9.17, 15) is 0 Å². The summed E-state index contributed by atoms with van der Waals surface area (Å²) in [5, 5.41) is 0. The molecule has 26 heavy (non-hydrogen) atoms. The van der Waals surface area contributed by atoms with Crippen LogP contribution in [-0.2, 0) is 18.6 Å². The second-order valence-corrected chi connectivity index (χ2v) is 11.2. The fourth-order valence-electron chi connectivity index (χ4n) is 2.98. The van der Waals surface area contributed by atoms with E-state index in [-0.39, 0.29) is 25.4 Å². The predicted molar refractivity (Wildman–Crippen MR) is 111 cm³/mol. The molecule has 1 atom stereocenters. The molecule has 1 unspecified atom stereocenters. The van der Waals surface area contributed by atoms with E-state index in [1.807, 2.05) is 20.8 Å². The molecule has 0 aliphatic carbocycles. The highest BCUT2D eigenvalue weighted by Gasteiger charge is 2.57. The molecule has 2 aliphatic rings. The molecule has 0 bridgehead atoms. The van der Waals surface area contributed by atoms with Crippen molar-refractivity contribution >= 4 is 55.9 Å². The Morgan fingerprint density at radius 2 is 1.08 bits per heavy atom. The number of rotatable bonds is 2. The van der Waals surface area contributed by atoms with E-state index in [2.05, 4.69) is 46.8 Å². The molecule has 8 heteroatoms. The van der Waals surface area contributed by atoms with Gasteiger partial charge in [0.15, 0.2) is 0 Å². The van der Waals surface area contributed by atoms with Crippen LogP contribution in [0.4, 0.5) is 0 Å². The van der Waals surface area contributed by atoms with Gasteiger partial charge in [0.2, 0.25) is 5.60 Å². The molecule has 4 rings (SSSR count). The van der Waals surface area contributed by atoms with E-state index in [4.69, 9.17) is 18.6 Å². The first-order valence-corrected chi connectivity index (χ1v) is 10.5. The molecular formula is C18H25B2O4S2+. The minimum absolute atomic E-state index is 0.311. The number of hydrogen-bond donors (Lipinski definition) is 0. The van der Waals surface area contributed by atoms with Crippen LogP contribution in [0.1, 0.15) is 48.5 Å². The third-order valence-corrected chi connectivity index (χ3v) is 8.34. The summed E-state index contributed by atoms with van der Waals surface area (Å²) in [6.07, 6.45) is 0. The summed E-state index contributed by atoms with van der Waals surface area (Å²) in [6.45, 7) is 18.5. The summed E-state index contributed by atoms with van der Waals surface area (Å²) < 4.78 is 29.1. The highest BCUT2D eigenvalue weighted by atomic mass is 32.1. The maximum absolute atomic E-state index is 6.17. The lowest BCUT2D eigenvalue weighted by Crippen LogP contribution is -2.42. The van der Waals surface area contributed by atoms with Crippen molar-refractivity contribution in [1.29, 1.82) is 0 Å². The van der Waals surface area contributed by atoms with Crippen molar-refractivity contribution in [1.82, 2.24) is 0 Å². The normalized spacial score (nSPS) is 29.8. The summed E-state index contributed by atoms with van der Waals surface area (Å²) >= 11 is 3.41. The van der Waals surface area contributed by atoms with Crippen LogP contribution in [0.15, 0.2) is 12.1 Å². The van der Waals surface area contributed by atoms with E-state index >= 15 is 0 Å². The molecule has 0 radical (unpaired) electrons. The van der Waals surface area contributed by atoms with Gasteiger partial charge < -0.3 is 18.6 Å². The molecule has 2 aromatic rings. The van der Waals surface area contributed by atoms with Gasteiger partial charge in [-0.25, -0.2) is 0 Å². The van der Waals surface area contributed by atoms with Crippen molar-refractivity contribution in [3.8, 4) is 0 Å². The van der Waals surface area contributed by atoms with E-state index in [1.165, 1.54) is 9.40 Å². The van der Waals surface area contributed by atoms with Gasteiger partial charge in [0.05, 0.1) is 18.1 Å². The molecule has 0 aromatic carbocycles. The molecule has 2 saturated heterocycles. The Kier molecular flexibility index (Phi) is 4.00. The number of hydrogen-bond acceptors (Lipinski definition) is 6. The van der Waals surface area contributed by atoms with Gasteiger partial charge in [0, 0.05) is 25.9 Å². The monoisotopic (exact) mass is 391 g/mol. The molecular weight excluding hydrogens is 366 g/mol. The van der Waals surface area contributed by atoms with Crippen molar-refractivity contribution < 1.29 is 18.6 Å². The third kappa shape index (κ3) is 2.77. The van der Waals surface area contributed by atoms with Crippen molar-refractivity contribution in [3.05, 3.63) is 19.1 Å². The molecule has 0 saturated carbocycles. The zero-order chi connectivity index (χ0) is 19.1. The Bertz CT molecular complexity index is 724. The fraction of sp³-hybridized carbons (Fsp3) is 0.611. The van der Waals surface area contributed by atoms with E-state index in [0.29, 0.717) is 0 Å². The van der Waals surface area contributed by atoms with Gasteiger partial charge in [-0.05, 0) is 53.7 Å². The van der Waals surface area contributed by atoms with E-state index in [1.54, 1.807) is 22.7 Å². The summed E-state index contributed by atoms with van der Waals surface area (Å²) in [4.78, 5) is 0. The molecule has 0 spiro atoms. The van der Waals surface area contributed by atoms with E-state index < -0.39 is 11.2 Å². The first-order valence-electron chi connectivity index (χ1n) is 8.91. The largest absolute Gasteiger partial charge is 0.508 e. The van der Waals surface area contributed by atoms with Crippen LogP contribution < -0.4 is 9.55 Å². The second kappa shape index (κ2) is 5.52. The molecule has 0 N–H and O–H groups in total. The SMILES string of the molecule is [CH2+]C1(C)OB(c2cc3sc(B4OC(C)(C)C(C)(C)O4)cc3s2)OC1(C)C. The summed E-state index contributed by atoms with van der Waals surface area (Å²) in [6, 6.07) is 4.32. The molecule has 4 nitrogen and oxygen atoms in total. The smallest absolute Gasteiger partial charge is 0.399 e. The fourth-order valence-corrected chi connectivity index (χ4v) is 5.31. The molecule has 138 valence electrons. The average Bonchev–Trinajstić information content (AvgIpc) is 3.11. The van der Waals surface area contributed by atoms with Gasteiger partial charge in [-0.1, -0.05) is 0 Å². The third-order valence-electron chi connectivity index (χ3n) is 6.01. The Hall–Kier alpha value is -0.500. The van der Waals surface area contributed by atoms with E-state index in [0.717, 1.165) is 9.55 Å². The van der Waals surface area contributed by atoms with Crippen LogP contribution in [0.2, 0.25) is 0 Å².